The molecule has 0 aromatic carbocycles. The molecule has 0 aromatic rings. The summed E-state index contributed by atoms with van der Waals surface area (Å²) in [5.41, 5.74) is 0.607. The van der Waals surface area contributed by atoms with E-state index in [-0.39, 0.29) is 12.5 Å². The fourth-order valence-corrected chi connectivity index (χ4v) is 1.27. The van der Waals surface area contributed by atoms with E-state index in [1.165, 1.54) is 0 Å². The molecule has 11 heavy (non-hydrogen) atoms. The van der Waals surface area contributed by atoms with Crippen molar-refractivity contribution in [2.45, 2.75) is 31.8 Å². The monoisotopic (exact) mass is 159 g/mol. The lowest BCUT2D eigenvalue weighted by molar-refractivity contribution is -0.141. The number of nitrogens with zero attached hydrogens (tertiary/aromatic N) is 1. The van der Waals surface area contributed by atoms with E-state index in [2.05, 4.69) is 4.99 Å². The molecule has 1 fully saturated rings. The SMILES string of the molecule is CN=C1[C@H](C)O[C@@H](O)C[C@@H]1O. The van der Waals surface area contributed by atoms with Crippen LogP contribution < -0.4 is 0 Å². The van der Waals surface area contributed by atoms with Crippen LogP contribution in [0.15, 0.2) is 4.99 Å². The Kier molecular flexibility index (Phi) is 2.59. The fraction of sp³-hybridized carbons (Fsp3) is 0.857. The third-order valence-corrected chi connectivity index (χ3v) is 1.80. The van der Waals surface area contributed by atoms with Crippen LogP contribution in [0, 0.1) is 0 Å². The molecule has 4 nitrogen and oxygen atoms in total. The molecule has 64 valence electrons. The number of aliphatic imine (C=N–C) groups is 1. The van der Waals surface area contributed by atoms with E-state index in [0.717, 1.165) is 0 Å². The second-order valence-corrected chi connectivity index (χ2v) is 2.63. The largest absolute Gasteiger partial charge is 0.387 e. The van der Waals surface area contributed by atoms with Crippen molar-refractivity contribution in [3.63, 3.8) is 0 Å². The van der Waals surface area contributed by atoms with Gasteiger partial charge in [-0.25, -0.2) is 0 Å². The summed E-state index contributed by atoms with van der Waals surface area (Å²) in [5.74, 6) is 0. The van der Waals surface area contributed by atoms with Gasteiger partial charge in [0.05, 0.1) is 17.9 Å². The van der Waals surface area contributed by atoms with Gasteiger partial charge in [-0.05, 0) is 6.92 Å². The average molecular weight is 159 g/mol. The lowest BCUT2D eigenvalue weighted by Gasteiger charge is -2.29. The Hall–Kier alpha value is -0.450. The highest BCUT2D eigenvalue weighted by Gasteiger charge is 2.29. The molecular formula is C7H13NO3. The Morgan fingerprint density at radius 1 is 1.55 bits per heavy atom. The predicted molar refractivity (Wildman–Crippen MR) is 40.5 cm³/mol. The Balaban J connectivity index is 2.67. The molecule has 0 aromatic heterocycles. The maximum atomic E-state index is 9.34. The third-order valence-electron chi connectivity index (χ3n) is 1.80. The number of hydrogen-bond acceptors (Lipinski definition) is 4. The van der Waals surface area contributed by atoms with Crippen molar-refractivity contribution >= 4 is 5.71 Å². The van der Waals surface area contributed by atoms with Gasteiger partial charge in [0.15, 0.2) is 6.29 Å². The van der Waals surface area contributed by atoms with Gasteiger partial charge in [-0.15, -0.1) is 0 Å². The fourth-order valence-electron chi connectivity index (χ4n) is 1.27. The summed E-state index contributed by atoms with van der Waals surface area (Å²) in [6.07, 6.45) is -1.57. The van der Waals surface area contributed by atoms with Gasteiger partial charge in [-0.2, -0.15) is 0 Å². The molecular weight excluding hydrogens is 146 g/mol. The Morgan fingerprint density at radius 3 is 2.64 bits per heavy atom. The van der Waals surface area contributed by atoms with Crippen LogP contribution in [-0.4, -0.2) is 41.5 Å². The van der Waals surface area contributed by atoms with Crippen molar-refractivity contribution < 1.29 is 14.9 Å². The molecule has 1 aliphatic heterocycles. The second kappa shape index (κ2) is 3.30. The summed E-state index contributed by atoms with van der Waals surface area (Å²) in [6, 6.07) is 0. The summed E-state index contributed by atoms with van der Waals surface area (Å²) in [7, 11) is 1.61. The van der Waals surface area contributed by atoms with E-state index in [4.69, 9.17) is 9.84 Å². The van der Waals surface area contributed by atoms with Crippen molar-refractivity contribution in [3.8, 4) is 0 Å². The van der Waals surface area contributed by atoms with Gasteiger partial charge in [0, 0.05) is 13.5 Å². The van der Waals surface area contributed by atoms with Gasteiger partial charge in [0.2, 0.25) is 0 Å². The zero-order valence-corrected chi connectivity index (χ0v) is 6.69. The quantitative estimate of drug-likeness (QED) is 0.503. The number of rotatable bonds is 0. The molecule has 0 aliphatic carbocycles. The molecule has 0 spiro atoms. The smallest absolute Gasteiger partial charge is 0.158 e. The Labute approximate surface area is 65.5 Å². The minimum absolute atomic E-state index is 0.219. The number of hydrogen-bond donors (Lipinski definition) is 2. The Bertz CT molecular complexity index is 155. The summed E-state index contributed by atoms with van der Waals surface area (Å²) in [4.78, 5) is 3.87. The van der Waals surface area contributed by atoms with Crippen LogP contribution in [0.4, 0.5) is 0 Å². The average Bonchev–Trinajstić information content (AvgIpc) is 1.85. The molecule has 0 bridgehead atoms. The first-order valence-corrected chi connectivity index (χ1v) is 3.63. The standard InChI is InChI=1S/C7H13NO3/c1-4-7(8-2)5(9)3-6(10)11-4/h4-6,9-10H,3H2,1-2H3/t4-,5-,6+/m0/s1. The maximum Gasteiger partial charge on any atom is 0.158 e. The van der Waals surface area contributed by atoms with Crippen LogP contribution in [0.25, 0.3) is 0 Å². The summed E-state index contributed by atoms with van der Waals surface area (Å²) >= 11 is 0. The van der Waals surface area contributed by atoms with Crippen LogP contribution in [0.2, 0.25) is 0 Å². The van der Waals surface area contributed by atoms with E-state index < -0.39 is 12.4 Å². The third kappa shape index (κ3) is 1.77. The van der Waals surface area contributed by atoms with Crippen LogP contribution in [-0.2, 0) is 4.74 Å². The molecule has 4 heteroatoms. The first-order valence-electron chi connectivity index (χ1n) is 3.63. The first kappa shape index (κ1) is 8.64. The molecule has 0 unspecified atom stereocenters. The first-order chi connectivity index (χ1) is 5.15. The number of ether oxygens (including phenoxy) is 1. The highest BCUT2D eigenvalue weighted by atomic mass is 16.6. The van der Waals surface area contributed by atoms with Gasteiger partial charge in [0.25, 0.3) is 0 Å². The Morgan fingerprint density at radius 2 is 2.18 bits per heavy atom. The normalized spacial score (nSPS) is 42.9. The minimum Gasteiger partial charge on any atom is -0.387 e. The number of aliphatic hydroxyl groups excluding tert-OH is 2. The van der Waals surface area contributed by atoms with Crippen LogP contribution in [0.1, 0.15) is 13.3 Å². The molecule has 1 rings (SSSR count). The van der Waals surface area contributed by atoms with Gasteiger partial charge in [-0.1, -0.05) is 0 Å². The highest BCUT2D eigenvalue weighted by molar-refractivity contribution is 5.92. The molecule has 0 saturated carbocycles. The number of aliphatic hydroxyl groups is 2. The van der Waals surface area contributed by atoms with E-state index in [1.54, 1.807) is 14.0 Å². The molecule has 0 amide bonds. The van der Waals surface area contributed by atoms with E-state index >= 15 is 0 Å². The van der Waals surface area contributed by atoms with Crippen molar-refractivity contribution in [2.75, 3.05) is 7.05 Å². The summed E-state index contributed by atoms with van der Waals surface area (Å²) in [6.45, 7) is 1.76. The zero-order valence-electron chi connectivity index (χ0n) is 6.69. The van der Waals surface area contributed by atoms with E-state index in [1.807, 2.05) is 0 Å². The van der Waals surface area contributed by atoms with E-state index in [9.17, 15) is 5.11 Å². The maximum absolute atomic E-state index is 9.34. The molecule has 1 saturated heterocycles. The summed E-state index contributed by atoms with van der Waals surface area (Å²) in [5, 5.41) is 18.4. The minimum atomic E-state index is -0.856. The lowest BCUT2D eigenvalue weighted by Crippen LogP contribution is -2.43. The summed E-state index contributed by atoms with van der Waals surface area (Å²) < 4.78 is 5.02. The van der Waals surface area contributed by atoms with Crippen LogP contribution in [0.5, 0.6) is 0 Å². The molecule has 2 N–H and O–H groups in total. The zero-order chi connectivity index (χ0) is 8.43. The lowest BCUT2D eigenvalue weighted by atomic mass is 10.0. The van der Waals surface area contributed by atoms with Crippen molar-refractivity contribution in [3.05, 3.63) is 0 Å². The molecule has 0 radical (unpaired) electrons. The van der Waals surface area contributed by atoms with Gasteiger partial charge < -0.3 is 14.9 Å². The van der Waals surface area contributed by atoms with Gasteiger partial charge >= 0.3 is 0 Å². The van der Waals surface area contributed by atoms with Gasteiger partial charge in [-0.3, -0.25) is 4.99 Å². The highest BCUT2D eigenvalue weighted by Crippen LogP contribution is 2.15. The van der Waals surface area contributed by atoms with Crippen LogP contribution >= 0.6 is 0 Å². The molecule has 1 heterocycles. The van der Waals surface area contributed by atoms with Crippen molar-refractivity contribution in [1.29, 1.82) is 0 Å². The van der Waals surface area contributed by atoms with E-state index in [0.29, 0.717) is 5.71 Å². The molecule has 3 atom stereocenters. The van der Waals surface area contributed by atoms with Crippen molar-refractivity contribution in [2.24, 2.45) is 4.99 Å². The second-order valence-electron chi connectivity index (χ2n) is 2.63. The van der Waals surface area contributed by atoms with Crippen molar-refractivity contribution in [1.82, 2.24) is 0 Å². The van der Waals surface area contributed by atoms with Crippen LogP contribution in [0.3, 0.4) is 0 Å². The molecule has 1 aliphatic rings. The van der Waals surface area contributed by atoms with Gasteiger partial charge in [0.1, 0.15) is 0 Å². The topological polar surface area (TPSA) is 62.0 Å². The predicted octanol–water partition coefficient (Wildman–Crippen LogP) is -0.455.